The Bertz CT molecular complexity index is 693. The van der Waals surface area contributed by atoms with Crippen LogP contribution in [0.15, 0.2) is 6.07 Å². The minimum Gasteiger partial charge on any atom is -0.356 e. The Morgan fingerprint density at radius 2 is 1.91 bits per heavy atom. The number of hydrogen-bond acceptors (Lipinski definition) is 4. The summed E-state index contributed by atoms with van der Waals surface area (Å²) in [7, 11) is 0. The van der Waals surface area contributed by atoms with Crippen molar-refractivity contribution < 1.29 is 0 Å². The Balaban J connectivity index is 1.79. The monoisotopic (exact) mass is 313 g/mol. The maximum absolute atomic E-state index is 4.96. The highest BCUT2D eigenvalue weighted by molar-refractivity contribution is 5.57. The van der Waals surface area contributed by atoms with Gasteiger partial charge in [0.25, 0.3) is 0 Å². The van der Waals surface area contributed by atoms with Crippen LogP contribution in [0.25, 0.3) is 5.65 Å². The van der Waals surface area contributed by atoms with Gasteiger partial charge < -0.3 is 10.2 Å². The van der Waals surface area contributed by atoms with E-state index >= 15 is 0 Å². The zero-order valence-corrected chi connectivity index (χ0v) is 14.3. The molecule has 0 saturated carbocycles. The molecular formula is C18H27N5. The molecule has 0 spiro atoms. The summed E-state index contributed by atoms with van der Waals surface area (Å²) in [4.78, 5) is 7.30. The van der Waals surface area contributed by atoms with Gasteiger partial charge in [0.1, 0.15) is 5.82 Å². The van der Waals surface area contributed by atoms with Gasteiger partial charge in [0, 0.05) is 30.4 Å². The Morgan fingerprint density at radius 1 is 1.09 bits per heavy atom. The first-order chi connectivity index (χ1) is 11.2. The molecular weight excluding hydrogens is 286 g/mol. The minimum atomic E-state index is 0.389. The van der Waals surface area contributed by atoms with Gasteiger partial charge in [-0.3, -0.25) is 0 Å². The lowest BCUT2D eigenvalue weighted by atomic mass is 10.0. The molecule has 23 heavy (non-hydrogen) atoms. The molecule has 4 rings (SSSR count). The van der Waals surface area contributed by atoms with Crippen LogP contribution in [0.2, 0.25) is 0 Å². The molecule has 0 unspecified atom stereocenters. The summed E-state index contributed by atoms with van der Waals surface area (Å²) < 4.78 is 2.10. The van der Waals surface area contributed by atoms with Crippen molar-refractivity contribution >= 4 is 11.5 Å². The third-order valence-electron chi connectivity index (χ3n) is 5.39. The zero-order valence-electron chi connectivity index (χ0n) is 14.3. The van der Waals surface area contributed by atoms with E-state index in [1.165, 1.54) is 49.9 Å². The van der Waals surface area contributed by atoms with Crippen molar-refractivity contribution in [2.24, 2.45) is 0 Å². The molecule has 1 atom stereocenters. The highest BCUT2D eigenvalue weighted by Gasteiger charge is 2.23. The van der Waals surface area contributed by atoms with E-state index in [4.69, 9.17) is 10.1 Å². The summed E-state index contributed by atoms with van der Waals surface area (Å²) in [6.07, 6.45) is 7.65. The molecule has 124 valence electrons. The first-order valence-corrected chi connectivity index (χ1v) is 9.09. The predicted molar refractivity (Wildman–Crippen MR) is 93.1 cm³/mol. The lowest BCUT2D eigenvalue weighted by Crippen LogP contribution is -2.32. The quantitative estimate of drug-likeness (QED) is 0.925. The van der Waals surface area contributed by atoms with Crippen molar-refractivity contribution in [1.29, 1.82) is 0 Å². The van der Waals surface area contributed by atoms with E-state index in [-0.39, 0.29) is 0 Å². The maximum Gasteiger partial charge on any atom is 0.157 e. The van der Waals surface area contributed by atoms with Crippen LogP contribution >= 0.6 is 0 Å². The first kappa shape index (κ1) is 14.9. The van der Waals surface area contributed by atoms with Gasteiger partial charge in [0.05, 0.1) is 11.7 Å². The highest BCUT2D eigenvalue weighted by atomic mass is 15.4. The topological polar surface area (TPSA) is 45.5 Å². The van der Waals surface area contributed by atoms with Crippen molar-refractivity contribution in [3.05, 3.63) is 23.0 Å². The third-order valence-corrected chi connectivity index (χ3v) is 5.39. The predicted octanol–water partition coefficient (Wildman–Crippen LogP) is 3.15. The van der Waals surface area contributed by atoms with Gasteiger partial charge in [-0.05, 0) is 52.5 Å². The average Bonchev–Trinajstić information content (AvgIpc) is 3.01. The molecule has 1 N–H and O–H groups in total. The number of anilines is 1. The van der Waals surface area contributed by atoms with Gasteiger partial charge in [0.15, 0.2) is 5.65 Å². The minimum absolute atomic E-state index is 0.389. The van der Waals surface area contributed by atoms with E-state index in [0.717, 1.165) is 36.7 Å². The molecule has 2 aromatic heterocycles. The highest BCUT2D eigenvalue weighted by Crippen LogP contribution is 2.29. The van der Waals surface area contributed by atoms with Crippen LogP contribution in [0.5, 0.6) is 0 Å². The fourth-order valence-corrected chi connectivity index (χ4v) is 3.95. The zero-order chi connectivity index (χ0) is 15.8. The van der Waals surface area contributed by atoms with E-state index in [2.05, 4.69) is 34.6 Å². The van der Waals surface area contributed by atoms with Crippen LogP contribution in [0.3, 0.4) is 0 Å². The fourth-order valence-electron chi connectivity index (χ4n) is 3.95. The van der Waals surface area contributed by atoms with Gasteiger partial charge in [-0.2, -0.15) is 9.61 Å². The average molecular weight is 313 g/mol. The number of aryl methyl sites for hydroxylation is 1. The van der Waals surface area contributed by atoms with Crippen LogP contribution in [0.4, 0.5) is 5.82 Å². The molecule has 0 amide bonds. The first-order valence-electron chi connectivity index (χ1n) is 9.09. The largest absolute Gasteiger partial charge is 0.356 e. The molecule has 0 bridgehead atoms. The summed E-state index contributed by atoms with van der Waals surface area (Å²) in [5.74, 6) is 1.26. The summed E-state index contributed by atoms with van der Waals surface area (Å²) in [5, 5.41) is 8.57. The van der Waals surface area contributed by atoms with Crippen LogP contribution in [0.1, 0.15) is 61.5 Å². The van der Waals surface area contributed by atoms with E-state index in [1.807, 2.05) is 0 Å². The molecule has 2 aromatic rings. The summed E-state index contributed by atoms with van der Waals surface area (Å²) in [5.41, 5.74) is 4.54. The smallest absolute Gasteiger partial charge is 0.157 e. The van der Waals surface area contributed by atoms with Crippen molar-refractivity contribution in [3.8, 4) is 0 Å². The van der Waals surface area contributed by atoms with Crippen molar-refractivity contribution in [2.45, 2.75) is 58.4 Å². The van der Waals surface area contributed by atoms with E-state index in [0.29, 0.717) is 6.04 Å². The van der Waals surface area contributed by atoms with E-state index < -0.39 is 0 Å². The molecule has 5 heteroatoms. The number of rotatable bonds is 2. The van der Waals surface area contributed by atoms with E-state index in [1.54, 1.807) is 0 Å². The summed E-state index contributed by atoms with van der Waals surface area (Å²) in [6, 6.07) is 2.57. The van der Waals surface area contributed by atoms with Gasteiger partial charge in [-0.15, -0.1) is 0 Å². The number of aromatic nitrogens is 3. The van der Waals surface area contributed by atoms with Crippen LogP contribution in [-0.2, 0) is 0 Å². The molecule has 2 fully saturated rings. The fraction of sp³-hybridized carbons (Fsp3) is 0.667. The summed E-state index contributed by atoms with van der Waals surface area (Å²) >= 11 is 0. The van der Waals surface area contributed by atoms with Crippen molar-refractivity contribution in [2.75, 3.05) is 24.5 Å². The second-order valence-corrected chi connectivity index (χ2v) is 7.04. The van der Waals surface area contributed by atoms with Crippen LogP contribution in [-0.4, -0.2) is 34.2 Å². The Labute approximate surface area is 138 Å². The van der Waals surface area contributed by atoms with Crippen molar-refractivity contribution in [1.82, 2.24) is 19.9 Å². The summed E-state index contributed by atoms with van der Waals surface area (Å²) in [6.45, 7) is 7.68. The number of piperidine rings is 2. The molecule has 5 nitrogen and oxygen atoms in total. The molecule has 0 radical (unpaired) electrons. The lowest BCUT2D eigenvalue weighted by molar-refractivity contribution is 0.404. The molecule has 2 saturated heterocycles. The third kappa shape index (κ3) is 2.71. The van der Waals surface area contributed by atoms with Crippen LogP contribution in [0, 0.1) is 13.8 Å². The molecule has 2 aliphatic rings. The Kier molecular flexibility index (Phi) is 3.97. The second kappa shape index (κ2) is 6.11. The van der Waals surface area contributed by atoms with Crippen LogP contribution < -0.4 is 10.2 Å². The normalized spacial score (nSPS) is 22.7. The molecule has 2 aliphatic heterocycles. The standard InChI is InChI=1S/C18H27N5/c1-13-14(2)20-17-12-16(15-8-4-5-9-19-15)21-23(17)18(13)22-10-6-3-7-11-22/h12,15,19H,3-11H2,1-2H3/t15-/m0/s1. The maximum atomic E-state index is 4.96. The molecule has 4 heterocycles. The number of fused-ring (bicyclic) bond motifs is 1. The second-order valence-electron chi connectivity index (χ2n) is 7.04. The number of nitrogens with one attached hydrogen (secondary N) is 1. The van der Waals surface area contributed by atoms with Gasteiger partial charge in [-0.1, -0.05) is 6.42 Å². The Morgan fingerprint density at radius 3 is 2.65 bits per heavy atom. The van der Waals surface area contributed by atoms with Crippen molar-refractivity contribution in [3.63, 3.8) is 0 Å². The van der Waals surface area contributed by atoms with Gasteiger partial charge in [-0.25, -0.2) is 4.98 Å². The number of nitrogens with zero attached hydrogens (tertiary/aromatic N) is 4. The molecule has 0 aromatic carbocycles. The van der Waals surface area contributed by atoms with Gasteiger partial charge >= 0.3 is 0 Å². The van der Waals surface area contributed by atoms with E-state index in [9.17, 15) is 0 Å². The molecule has 0 aliphatic carbocycles. The number of hydrogen-bond donors (Lipinski definition) is 1. The Hall–Kier alpha value is -1.62. The van der Waals surface area contributed by atoms with Gasteiger partial charge in [0.2, 0.25) is 0 Å². The lowest BCUT2D eigenvalue weighted by Gasteiger charge is -2.30. The SMILES string of the molecule is Cc1nc2cc([C@@H]3CCCCN3)nn2c(N2CCCCC2)c1C.